The van der Waals surface area contributed by atoms with Crippen molar-refractivity contribution in [2.24, 2.45) is 0 Å². The Hall–Kier alpha value is -2.52. The van der Waals surface area contributed by atoms with Gasteiger partial charge in [0.05, 0.1) is 13.1 Å². The van der Waals surface area contributed by atoms with E-state index in [-0.39, 0.29) is 63.1 Å². The number of esters is 2. The molecule has 0 aromatic carbocycles. The fourth-order valence-corrected chi connectivity index (χ4v) is 3.68. The molecular formula is C28H54N4O6. The summed E-state index contributed by atoms with van der Waals surface area (Å²) >= 11 is 0. The summed E-state index contributed by atoms with van der Waals surface area (Å²) in [7, 11) is 0. The third-order valence-corrected chi connectivity index (χ3v) is 5.94. The number of hydrogen-bond acceptors (Lipinski definition) is 6. The minimum absolute atomic E-state index is 0.116. The number of amides is 4. The molecule has 4 N–H and O–H groups in total. The molecule has 0 aliphatic heterocycles. The van der Waals surface area contributed by atoms with Crippen LogP contribution in [-0.2, 0) is 19.1 Å². The van der Waals surface area contributed by atoms with Crippen molar-refractivity contribution in [3.05, 3.63) is 0 Å². The molecule has 0 aromatic rings. The van der Waals surface area contributed by atoms with Crippen LogP contribution in [0.5, 0.6) is 0 Å². The molecule has 4 amide bonds. The first-order chi connectivity index (χ1) is 18.5. The lowest BCUT2D eigenvalue weighted by Crippen LogP contribution is -2.38. The normalized spacial score (nSPS) is 10.5. The molecule has 38 heavy (non-hydrogen) atoms. The summed E-state index contributed by atoms with van der Waals surface area (Å²) in [5.74, 6) is -0.715. The van der Waals surface area contributed by atoms with Crippen LogP contribution in [0.2, 0.25) is 0 Å². The highest BCUT2D eigenvalue weighted by atomic mass is 16.5. The van der Waals surface area contributed by atoms with Crippen molar-refractivity contribution in [3.8, 4) is 0 Å². The minimum atomic E-state index is -0.358. The van der Waals surface area contributed by atoms with Crippen molar-refractivity contribution in [1.82, 2.24) is 21.3 Å². The van der Waals surface area contributed by atoms with Crippen LogP contribution in [0.3, 0.4) is 0 Å². The average Bonchev–Trinajstić information content (AvgIpc) is 2.90. The van der Waals surface area contributed by atoms with Crippen molar-refractivity contribution in [3.63, 3.8) is 0 Å². The van der Waals surface area contributed by atoms with Crippen LogP contribution in [0, 0.1) is 0 Å². The number of nitrogens with one attached hydrogen (secondary N) is 4. The molecule has 0 fully saturated rings. The monoisotopic (exact) mass is 542 g/mol. The largest absolute Gasteiger partial charge is 0.464 e. The van der Waals surface area contributed by atoms with E-state index in [4.69, 9.17) is 9.47 Å². The maximum absolute atomic E-state index is 11.8. The van der Waals surface area contributed by atoms with Gasteiger partial charge in [-0.2, -0.15) is 0 Å². The first-order valence-corrected chi connectivity index (χ1v) is 14.8. The first kappa shape index (κ1) is 35.5. The Morgan fingerprint density at radius 2 is 0.789 bits per heavy atom. The average molecular weight is 543 g/mol. The second-order valence-electron chi connectivity index (χ2n) is 9.55. The number of urea groups is 2. The van der Waals surface area contributed by atoms with E-state index in [1.54, 1.807) is 0 Å². The van der Waals surface area contributed by atoms with Gasteiger partial charge in [-0.3, -0.25) is 9.59 Å². The second kappa shape index (κ2) is 27.5. The molecule has 0 saturated heterocycles. The first-order valence-electron chi connectivity index (χ1n) is 14.8. The zero-order valence-electron chi connectivity index (χ0n) is 24.0. The maximum Gasteiger partial charge on any atom is 0.314 e. The van der Waals surface area contributed by atoms with Gasteiger partial charge in [-0.05, 0) is 25.7 Å². The zero-order chi connectivity index (χ0) is 28.1. The number of hydrogen-bond donors (Lipinski definition) is 4. The summed E-state index contributed by atoms with van der Waals surface area (Å²) in [6.45, 7) is 6.40. The molecule has 0 radical (unpaired) electrons. The van der Waals surface area contributed by atoms with Crippen molar-refractivity contribution < 1.29 is 28.7 Å². The Kier molecular flexibility index (Phi) is 25.7. The van der Waals surface area contributed by atoms with Crippen molar-refractivity contribution in [2.45, 2.75) is 117 Å². The van der Waals surface area contributed by atoms with Gasteiger partial charge in [-0.15, -0.1) is 0 Å². The highest BCUT2D eigenvalue weighted by molar-refractivity contribution is 5.74. The molecule has 10 nitrogen and oxygen atoms in total. The molecule has 10 heteroatoms. The molecule has 0 heterocycles. The molecule has 0 aromatic heterocycles. The van der Waals surface area contributed by atoms with E-state index >= 15 is 0 Å². The number of carbonyl (C=O) groups excluding carboxylic acids is 4. The Balaban J connectivity index is 3.48. The van der Waals surface area contributed by atoms with E-state index in [2.05, 4.69) is 35.1 Å². The molecule has 0 unspecified atom stereocenters. The van der Waals surface area contributed by atoms with Crippen LogP contribution in [0.1, 0.15) is 117 Å². The van der Waals surface area contributed by atoms with E-state index in [0.29, 0.717) is 25.9 Å². The lowest BCUT2D eigenvalue weighted by molar-refractivity contribution is -0.145. The van der Waals surface area contributed by atoms with Crippen molar-refractivity contribution in [2.75, 3.05) is 39.4 Å². The standard InChI is InChI=1S/C28H54N4O6/c1-3-5-7-9-11-15-19-29-27(35)31-21-23-37-25(33)17-13-14-18-26(34)38-24-22-32-28(36)30-20-16-12-10-8-6-4-2/h3-24H2,1-2H3,(H2,29,31,35)(H2,30,32,36). The zero-order valence-corrected chi connectivity index (χ0v) is 24.0. The van der Waals surface area contributed by atoms with E-state index in [1.165, 1.54) is 51.4 Å². The molecule has 0 aliphatic carbocycles. The van der Waals surface area contributed by atoms with E-state index in [0.717, 1.165) is 25.7 Å². The van der Waals surface area contributed by atoms with Crippen LogP contribution >= 0.6 is 0 Å². The summed E-state index contributed by atoms with van der Waals surface area (Å²) in [6, 6.07) is -0.505. The fraction of sp³-hybridized carbons (Fsp3) is 0.857. The lowest BCUT2D eigenvalue weighted by Gasteiger charge is -2.09. The molecule has 222 valence electrons. The van der Waals surface area contributed by atoms with Crippen LogP contribution in [0.25, 0.3) is 0 Å². The summed E-state index contributed by atoms with van der Waals surface area (Å²) < 4.78 is 10.2. The minimum Gasteiger partial charge on any atom is -0.464 e. The van der Waals surface area contributed by atoms with Crippen molar-refractivity contribution >= 4 is 24.0 Å². The van der Waals surface area contributed by atoms with Gasteiger partial charge in [0, 0.05) is 25.9 Å². The Morgan fingerprint density at radius 1 is 0.447 bits per heavy atom. The Morgan fingerprint density at radius 3 is 1.18 bits per heavy atom. The number of ether oxygens (including phenoxy) is 2. The molecule has 0 atom stereocenters. The predicted octanol–water partition coefficient (Wildman–Crippen LogP) is 4.95. The van der Waals surface area contributed by atoms with Crippen LogP contribution in [0.15, 0.2) is 0 Å². The number of carbonyl (C=O) groups is 4. The van der Waals surface area contributed by atoms with Gasteiger partial charge in [0.25, 0.3) is 0 Å². The SMILES string of the molecule is CCCCCCCCNC(=O)NCCOC(=O)CCCCC(=O)OCCNC(=O)NCCCCCCCC. The van der Waals surface area contributed by atoms with Gasteiger partial charge in [0.1, 0.15) is 13.2 Å². The van der Waals surface area contributed by atoms with Gasteiger partial charge in [0.2, 0.25) is 0 Å². The third-order valence-electron chi connectivity index (χ3n) is 5.94. The molecule has 0 rings (SSSR count). The van der Waals surface area contributed by atoms with E-state index in [1.807, 2.05) is 0 Å². The molecule has 0 aliphatic rings. The Bertz CT molecular complexity index is 566. The second-order valence-corrected chi connectivity index (χ2v) is 9.55. The van der Waals surface area contributed by atoms with E-state index < -0.39 is 0 Å². The summed E-state index contributed by atoms with van der Waals surface area (Å²) in [5.41, 5.74) is 0. The number of rotatable bonds is 25. The van der Waals surface area contributed by atoms with Gasteiger partial charge in [-0.1, -0.05) is 78.1 Å². The predicted molar refractivity (Wildman–Crippen MR) is 150 cm³/mol. The van der Waals surface area contributed by atoms with Gasteiger partial charge in [-0.25, -0.2) is 9.59 Å². The Labute approximate surface area is 230 Å². The maximum atomic E-state index is 11.8. The van der Waals surface area contributed by atoms with Gasteiger partial charge >= 0.3 is 24.0 Å². The highest BCUT2D eigenvalue weighted by Gasteiger charge is 2.07. The molecular weight excluding hydrogens is 488 g/mol. The topological polar surface area (TPSA) is 135 Å². The third kappa shape index (κ3) is 26.5. The summed E-state index contributed by atoms with van der Waals surface area (Å²) in [5, 5.41) is 10.9. The highest BCUT2D eigenvalue weighted by Crippen LogP contribution is 2.05. The van der Waals surface area contributed by atoms with Crippen LogP contribution in [-0.4, -0.2) is 63.4 Å². The van der Waals surface area contributed by atoms with Crippen molar-refractivity contribution in [1.29, 1.82) is 0 Å². The van der Waals surface area contributed by atoms with Crippen LogP contribution < -0.4 is 21.3 Å². The van der Waals surface area contributed by atoms with E-state index in [9.17, 15) is 19.2 Å². The van der Waals surface area contributed by atoms with Gasteiger partial charge in [0.15, 0.2) is 0 Å². The number of unbranched alkanes of at least 4 members (excludes halogenated alkanes) is 11. The van der Waals surface area contributed by atoms with Gasteiger partial charge < -0.3 is 30.7 Å². The molecule has 0 spiro atoms. The molecule has 0 saturated carbocycles. The lowest BCUT2D eigenvalue weighted by atomic mass is 10.1. The molecule has 0 bridgehead atoms. The smallest absolute Gasteiger partial charge is 0.314 e. The summed E-state index contributed by atoms with van der Waals surface area (Å²) in [4.78, 5) is 46.9. The van der Waals surface area contributed by atoms with Crippen LogP contribution in [0.4, 0.5) is 9.59 Å². The fourth-order valence-electron chi connectivity index (χ4n) is 3.68. The summed E-state index contributed by atoms with van der Waals surface area (Å²) in [6.07, 6.45) is 15.5. The quantitative estimate of drug-likeness (QED) is 0.0952.